The van der Waals surface area contributed by atoms with Crippen molar-refractivity contribution in [3.8, 4) is 11.1 Å². The molecule has 2 nitrogen and oxygen atoms in total. The monoisotopic (exact) mass is 400 g/mol. The summed E-state index contributed by atoms with van der Waals surface area (Å²) in [6.07, 6.45) is 0. The van der Waals surface area contributed by atoms with Crippen LogP contribution in [-0.2, 0) is 9.31 Å². The van der Waals surface area contributed by atoms with Crippen LogP contribution in [0, 0.1) is 6.92 Å². The molecule has 0 spiro atoms. The molecule has 0 saturated carbocycles. The lowest BCUT2D eigenvalue weighted by molar-refractivity contribution is 0.00578. The van der Waals surface area contributed by atoms with E-state index in [1.165, 1.54) is 36.9 Å². The van der Waals surface area contributed by atoms with Crippen molar-refractivity contribution in [2.45, 2.75) is 45.8 Å². The average Bonchev–Trinajstić information content (AvgIpc) is 3.15. The van der Waals surface area contributed by atoms with Crippen LogP contribution in [0.4, 0.5) is 0 Å². The maximum absolute atomic E-state index is 6.27. The zero-order valence-electron chi connectivity index (χ0n) is 17.6. The molecule has 1 aromatic heterocycles. The summed E-state index contributed by atoms with van der Waals surface area (Å²) >= 11 is 1.87. The van der Waals surface area contributed by atoms with E-state index in [1.807, 2.05) is 11.3 Å². The van der Waals surface area contributed by atoms with Gasteiger partial charge in [0.05, 0.1) is 11.2 Å². The van der Waals surface area contributed by atoms with Crippen molar-refractivity contribution < 1.29 is 9.31 Å². The SMILES string of the molecule is Cc1cc(-c2cccc3c2sc2ccccc23)ccc1B1OC(C)(C)C(C)(C)O1. The normalized spacial score (nSPS) is 18.0. The van der Waals surface area contributed by atoms with Crippen molar-refractivity contribution >= 4 is 44.1 Å². The van der Waals surface area contributed by atoms with Crippen LogP contribution >= 0.6 is 11.3 Å². The molecule has 1 fully saturated rings. The molecule has 2 heterocycles. The van der Waals surface area contributed by atoms with Crippen molar-refractivity contribution in [1.82, 2.24) is 0 Å². The third-order valence-electron chi connectivity index (χ3n) is 6.49. The lowest BCUT2D eigenvalue weighted by Crippen LogP contribution is -2.41. The Hall–Kier alpha value is -2.14. The summed E-state index contributed by atoms with van der Waals surface area (Å²) in [6, 6.07) is 21.9. The molecular formula is C25H25BO2S. The molecule has 0 atom stereocenters. The molecule has 1 saturated heterocycles. The smallest absolute Gasteiger partial charge is 0.399 e. The molecule has 146 valence electrons. The number of aryl methyl sites for hydroxylation is 1. The van der Waals surface area contributed by atoms with Crippen LogP contribution in [0.2, 0.25) is 0 Å². The van der Waals surface area contributed by atoms with E-state index in [9.17, 15) is 0 Å². The minimum Gasteiger partial charge on any atom is -0.399 e. The minimum absolute atomic E-state index is 0.325. The first-order valence-electron chi connectivity index (χ1n) is 10.1. The van der Waals surface area contributed by atoms with Crippen LogP contribution in [0.25, 0.3) is 31.3 Å². The molecule has 29 heavy (non-hydrogen) atoms. The Morgan fingerprint density at radius 2 is 1.48 bits per heavy atom. The zero-order valence-corrected chi connectivity index (χ0v) is 18.4. The predicted molar refractivity (Wildman–Crippen MR) is 125 cm³/mol. The highest BCUT2D eigenvalue weighted by atomic mass is 32.1. The topological polar surface area (TPSA) is 18.5 Å². The second kappa shape index (κ2) is 6.43. The molecule has 1 aliphatic heterocycles. The second-order valence-electron chi connectivity index (χ2n) is 8.94. The summed E-state index contributed by atoms with van der Waals surface area (Å²) in [6.45, 7) is 10.5. The van der Waals surface area contributed by atoms with E-state index in [0.717, 1.165) is 5.46 Å². The maximum Gasteiger partial charge on any atom is 0.495 e. The van der Waals surface area contributed by atoms with Gasteiger partial charge in [-0.15, -0.1) is 11.3 Å². The summed E-state index contributed by atoms with van der Waals surface area (Å²) in [5.74, 6) is 0. The molecule has 3 aromatic carbocycles. The number of rotatable bonds is 2. The lowest BCUT2D eigenvalue weighted by atomic mass is 9.75. The Balaban J connectivity index is 1.58. The van der Waals surface area contributed by atoms with Gasteiger partial charge in [0.25, 0.3) is 0 Å². The van der Waals surface area contributed by atoms with Gasteiger partial charge in [-0.25, -0.2) is 0 Å². The summed E-state index contributed by atoms with van der Waals surface area (Å²) in [5, 5.41) is 2.66. The third kappa shape index (κ3) is 2.93. The van der Waals surface area contributed by atoms with E-state index in [4.69, 9.17) is 9.31 Å². The van der Waals surface area contributed by atoms with Gasteiger partial charge < -0.3 is 9.31 Å². The molecule has 0 amide bonds. The van der Waals surface area contributed by atoms with Crippen molar-refractivity contribution in [1.29, 1.82) is 0 Å². The van der Waals surface area contributed by atoms with Crippen molar-refractivity contribution in [2.75, 3.05) is 0 Å². The van der Waals surface area contributed by atoms with Gasteiger partial charge in [-0.3, -0.25) is 0 Å². The van der Waals surface area contributed by atoms with Crippen LogP contribution < -0.4 is 5.46 Å². The molecular weight excluding hydrogens is 375 g/mol. The Morgan fingerprint density at radius 3 is 2.21 bits per heavy atom. The van der Waals surface area contributed by atoms with Gasteiger partial charge in [-0.05, 0) is 57.3 Å². The van der Waals surface area contributed by atoms with Gasteiger partial charge in [0.15, 0.2) is 0 Å². The maximum atomic E-state index is 6.27. The van der Waals surface area contributed by atoms with Crippen LogP contribution in [0.5, 0.6) is 0 Å². The number of fused-ring (bicyclic) bond motifs is 3. The van der Waals surface area contributed by atoms with Crippen LogP contribution in [0.15, 0.2) is 60.7 Å². The Morgan fingerprint density at radius 1 is 0.793 bits per heavy atom. The van der Waals surface area contributed by atoms with E-state index in [1.54, 1.807) is 0 Å². The van der Waals surface area contributed by atoms with Crippen LogP contribution in [0.1, 0.15) is 33.3 Å². The number of benzene rings is 3. The summed E-state index contributed by atoms with van der Waals surface area (Å²) < 4.78 is 15.2. The predicted octanol–water partition coefficient (Wildman–Crippen LogP) is 6.33. The Bertz CT molecular complexity index is 1220. The van der Waals surface area contributed by atoms with Gasteiger partial charge in [0.1, 0.15) is 0 Å². The standard InChI is InChI=1S/C25H25BO2S/c1-16-15-17(13-14-21(16)26-27-24(2,3)25(4,5)28-26)18-10-8-11-20-19-9-6-7-12-22(19)29-23(18)20/h6-15H,1-5H3. The van der Waals surface area contributed by atoms with Gasteiger partial charge in [0, 0.05) is 20.2 Å². The van der Waals surface area contributed by atoms with Gasteiger partial charge >= 0.3 is 7.12 Å². The summed E-state index contributed by atoms with van der Waals surface area (Å²) in [5.41, 5.74) is 4.17. The van der Waals surface area contributed by atoms with Crippen molar-refractivity contribution in [3.63, 3.8) is 0 Å². The molecule has 5 rings (SSSR count). The van der Waals surface area contributed by atoms with E-state index in [-0.39, 0.29) is 18.3 Å². The third-order valence-corrected chi connectivity index (χ3v) is 7.71. The number of thiophene rings is 1. The molecule has 4 heteroatoms. The quantitative estimate of drug-likeness (QED) is 0.366. The first-order chi connectivity index (χ1) is 13.8. The lowest BCUT2D eigenvalue weighted by Gasteiger charge is -2.32. The highest BCUT2D eigenvalue weighted by molar-refractivity contribution is 7.26. The molecule has 0 radical (unpaired) electrons. The fourth-order valence-corrected chi connectivity index (χ4v) is 5.29. The Labute approximate surface area is 176 Å². The van der Waals surface area contributed by atoms with E-state index in [2.05, 4.69) is 95.3 Å². The molecule has 0 unspecified atom stereocenters. The molecule has 0 aliphatic carbocycles. The van der Waals surface area contributed by atoms with Crippen LogP contribution in [-0.4, -0.2) is 18.3 Å². The molecule has 1 aliphatic rings. The summed E-state index contributed by atoms with van der Waals surface area (Å²) in [4.78, 5) is 0. The second-order valence-corrected chi connectivity index (χ2v) is 9.99. The average molecular weight is 400 g/mol. The van der Waals surface area contributed by atoms with Gasteiger partial charge in [0.2, 0.25) is 0 Å². The highest BCUT2D eigenvalue weighted by Crippen LogP contribution is 2.40. The molecule has 0 bridgehead atoms. The molecule has 0 N–H and O–H groups in total. The number of hydrogen-bond acceptors (Lipinski definition) is 3. The summed E-state index contributed by atoms with van der Waals surface area (Å²) in [7, 11) is -0.325. The number of hydrogen-bond donors (Lipinski definition) is 0. The van der Waals surface area contributed by atoms with E-state index >= 15 is 0 Å². The zero-order chi connectivity index (χ0) is 20.4. The van der Waals surface area contributed by atoms with Gasteiger partial charge in [-0.1, -0.05) is 60.2 Å². The Kier molecular flexibility index (Phi) is 4.18. The minimum atomic E-state index is -0.328. The van der Waals surface area contributed by atoms with Crippen molar-refractivity contribution in [3.05, 3.63) is 66.2 Å². The largest absolute Gasteiger partial charge is 0.495 e. The fraction of sp³-hybridized carbons (Fsp3) is 0.280. The van der Waals surface area contributed by atoms with E-state index in [0.29, 0.717) is 0 Å². The highest BCUT2D eigenvalue weighted by Gasteiger charge is 2.52. The van der Waals surface area contributed by atoms with Gasteiger partial charge in [-0.2, -0.15) is 0 Å². The molecule has 4 aromatic rings. The fourth-order valence-electron chi connectivity index (χ4n) is 4.05. The first kappa shape index (κ1) is 18.9. The first-order valence-corrected chi connectivity index (χ1v) is 11.0. The van der Waals surface area contributed by atoms with Crippen molar-refractivity contribution in [2.24, 2.45) is 0 Å². The van der Waals surface area contributed by atoms with E-state index < -0.39 is 0 Å². The van der Waals surface area contributed by atoms with Crippen LogP contribution in [0.3, 0.4) is 0 Å².